The van der Waals surface area contributed by atoms with E-state index in [1.807, 2.05) is 79.7 Å². The zero-order valence-corrected chi connectivity index (χ0v) is 23.0. The summed E-state index contributed by atoms with van der Waals surface area (Å²) < 4.78 is 13.5. The lowest BCUT2D eigenvalue weighted by Gasteiger charge is -2.13. The number of aryl methyl sites for hydroxylation is 1. The van der Waals surface area contributed by atoms with Gasteiger partial charge in [-0.05, 0) is 42.5 Å². The predicted molar refractivity (Wildman–Crippen MR) is 161 cm³/mol. The number of rotatable bonds is 7. The molecular formula is C33H27FN6O2. The summed E-state index contributed by atoms with van der Waals surface area (Å²) in [5.41, 5.74) is 5.43. The number of aromatic nitrogens is 3. The Balaban J connectivity index is 1.53. The van der Waals surface area contributed by atoms with Gasteiger partial charge >= 0.3 is 0 Å². The molecule has 0 aliphatic heterocycles. The van der Waals surface area contributed by atoms with Crippen LogP contribution in [0.1, 0.15) is 33.9 Å². The van der Waals surface area contributed by atoms with Crippen molar-refractivity contribution in [2.45, 2.75) is 19.5 Å². The molecule has 42 heavy (non-hydrogen) atoms. The van der Waals surface area contributed by atoms with Crippen LogP contribution < -0.4 is 10.6 Å². The lowest BCUT2D eigenvalue weighted by atomic mass is 9.99. The smallest absolute Gasteiger partial charge is 0.288 e. The van der Waals surface area contributed by atoms with Gasteiger partial charge in [0.2, 0.25) is 11.7 Å². The number of aliphatic imine (C=N–C) groups is 1. The highest BCUT2D eigenvalue weighted by Crippen LogP contribution is 2.37. The van der Waals surface area contributed by atoms with E-state index in [4.69, 9.17) is 4.99 Å². The molecule has 1 aliphatic rings. The molecule has 6 rings (SSSR count). The van der Waals surface area contributed by atoms with Crippen molar-refractivity contribution in [3.05, 3.63) is 114 Å². The first-order valence-corrected chi connectivity index (χ1v) is 13.6. The van der Waals surface area contributed by atoms with Crippen molar-refractivity contribution in [1.29, 1.82) is 0 Å². The second kappa shape index (κ2) is 11.3. The van der Waals surface area contributed by atoms with E-state index in [-0.39, 0.29) is 24.1 Å². The maximum absolute atomic E-state index is 13.5. The number of hydrogen-bond donors (Lipinski definition) is 2. The average Bonchev–Trinajstić information content (AvgIpc) is 3.76. The topological polar surface area (TPSA) is 109 Å². The number of halogens is 1. The van der Waals surface area contributed by atoms with Crippen molar-refractivity contribution < 1.29 is 14.0 Å². The Hall–Kier alpha value is -5.31. The van der Waals surface area contributed by atoms with Crippen molar-refractivity contribution in [3.63, 3.8) is 0 Å². The van der Waals surface area contributed by atoms with Crippen molar-refractivity contribution >= 4 is 39.8 Å². The number of carbonyl (C=O) groups is 2. The number of amides is 2. The summed E-state index contributed by atoms with van der Waals surface area (Å²) in [6, 6.07) is 25.5. The molecule has 0 radical (unpaired) electrons. The Bertz CT molecular complexity index is 1800. The van der Waals surface area contributed by atoms with Crippen molar-refractivity contribution in [2.24, 2.45) is 10.9 Å². The number of nitrogens with zero attached hydrogens (tertiary/aromatic N) is 4. The molecule has 8 nitrogen and oxygen atoms in total. The van der Waals surface area contributed by atoms with Gasteiger partial charge in [0, 0.05) is 47.2 Å². The molecule has 0 unspecified atom stereocenters. The molecule has 1 saturated carbocycles. The first-order chi connectivity index (χ1) is 20.4. The molecule has 1 fully saturated rings. The van der Waals surface area contributed by atoms with Gasteiger partial charge in [-0.2, -0.15) is 0 Å². The first-order valence-electron chi connectivity index (χ1n) is 13.6. The zero-order chi connectivity index (χ0) is 29.2. The van der Waals surface area contributed by atoms with Crippen LogP contribution >= 0.6 is 0 Å². The second-order valence-electron chi connectivity index (χ2n) is 10.1. The normalized spacial score (nSPS) is 15.6. The van der Waals surface area contributed by atoms with Crippen LogP contribution in [-0.4, -0.2) is 45.7 Å². The Morgan fingerprint density at radius 3 is 2.19 bits per heavy atom. The third-order valence-electron chi connectivity index (χ3n) is 7.16. The van der Waals surface area contributed by atoms with Gasteiger partial charge in [0.1, 0.15) is 12.0 Å². The average molecular weight is 559 g/mol. The molecule has 2 amide bonds. The van der Waals surface area contributed by atoms with E-state index < -0.39 is 12.1 Å². The van der Waals surface area contributed by atoms with E-state index in [1.54, 1.807) is 18.5 Å². The fourth-order valence-corrected chi connectivity index (χ4v) is 4.79. The van der Waals surface area contributed by atoms with Crippen LogP contribution in [0.3, 0.4) is 0 Å². The van der Waals surface area contributed by atoms with E-state index in [2.05, 4.69) is 25.6 Å². The molecule has 0 bridgehead atoms. The Morgan fingerprint density at radius 2 is 1.60 bits per heavy atom. The van der Waals surface area contributed by atoms with Gasteiger partial charge in [0.15, 0.2) is 0 Å². The Labute approximate surface area is 241 Å². The minimum atomic E-state index is -1.10. The van der Waals surface area contributed by atoms with E-state index in [0.29, 0.717) is 17.2 Å². The number of anilines is 1. The molecule has 2 N–H and O–H groups in total. The van der Waals surface area contributed by atoms with Gasteiger partial charge < -0.3 is 10.6 Å². The summed E-state index contributed by atoms with van der Waals surface area (Å²) in [4.78, 5) is 42.9. The quantitative estimate of drug-likeness (QED) is 0.245. The third kappa shape index (κ3) is 5.49. The van der Waals surface area contributed by atoms with Crippen LogP contribution in [0.4, 0.5) is 15.9 Å². The molecule has 0 saturated heterocycles. The monoisotopic (exact) mass is 558 g/mol. The number of nitrogens with one attached hydrogen (secondary N) is 2. The number of alkyl halides is 1. The SMILES string of the molecule is CNC(=O)c1ncc(-c2cc(N=C(c3ccccc3)c3ccccc3)c3cnc(NC(=O)[C@@H]4C[C@@H]4F)cc3c2)c(C)n1. The molecular weight excluding hydrogens is 531 g/mol. The maximum atomic E-state index is 13.5. The fourth-order valence-electron chi connectivity index (χ4n) is 4.79. The first kappa shape index (κ1) is 26.9. The standard InChI is InChI=1S/C33H27FN6O2/c1-19-25(17-37-31(38-19)33(42)35-2)22-13-23-15-29(40-32(41)24-16-27(24)34)36-18-26(23)28(14-22)39-30(20-9-5-3-6-10-20)21-11-7-4-8-12-21/h3-15,17-18,24,27H,16H2,1-2H3,(H,35,42)(H,36,40,41)/t24-,27+/m1/s1. The van der Waals surface area contributed by atoms with Crippen LogP contribution in [0.15, 0.2) is 96.2 Å². The summed E-state index contributed by atoms with van der Waals surface area (Å²) in [5, 5.41) is 6.81. The van der Waals surface area contributed by atoms with E-state index in [1.165, 1.54) is 7.05 Å². The molecule has 0 spiro atoms. The summed E-state index contributed by atoms with van der Waals surface area (Å²) >= 11 is 0. The lowest BCUT2D eigenvalue weighted by Crippen LogP contribution is -2.21. The van der Waals surface area contributed by atoms with Gasteiger partial charge in [0.25, 0.3) is 5.91 Å². The minimum absolute atomic E-state index is 0.0775. The number of hydrogen-bond acceptors (Lipinski definition) is 6. The zero-order valence-electron chi connectivity index (χ0n) is 23.0. The number of benzene rings is 3. The maximum Gasteiger partial charge on any atom is 0.288 e. The van der Waals surface area contributed by atoms with E-state index in [9.17, 15) is 14.0 Å². The molecule has 5 aromatic rings. The fraction of sp³-hybridized carbons (Fsp3) is 0.152. The van der Waals surface area contributed by atoms with Crippen molar-refractivity contribution in [3.8, 4) is 11.1 Å². The highest BCUT2D eigenvalue weighted by molar-refractivity contribution is 6.15. The second-order valence-corrected chi connectivity index (χ2v) is 10.1. The van der Waals surface area contributed by atoms with Crippen molar-refractivity contribution in [1.82, 2.24) is 20.3 Å². The Morgan fingerprint density at radius 1 is 0.929 bits per heavy atom. The van der Waals surface area contributed by atoms with E-state index in [0.717, 1.165) is 38.7 Å². The highest BCUT2D eigenvalue weighted by Gasteiger charge is 2.43. The molecule has 9 heteroatoms. The van der Waals surface area contributed by atoms with E-state index >= 15 is 0 Å². The molecule has 3 aromatic carbocycles. The molecule has 2 heterocycles. The van der Waals surface area contributed by atoms with Crippen LogP contribution in [0, 0.1) is 12.8 Å². The molecule has 1 aliphatic carbocycles. The number of pyridine rings is 1. The van der Waals surface area contributed by atoms with Crippen LogP contribution in [0.2, 0.25) is 0 Å². The third-order valence-corrected chi connectivity index (χ3v) is 7.16. The number of fused-ring (bicyclic) bond motifs is 1. The molecule has 2 atom stereocenters. The lowest BCUT2D eigenvalue weighted by molar-refractivity contribution is -0.117. The minimum Gasteiger partial charge on any atom is -0.352 e. The van der Waals surface area contributed by atoms with Gasteiger partial charge in [-0.3, -0.25) is 9.59 Å². The van der Waals surface area contributed by atoms with Gasteiger partial charge in [-0.25, -0.2) is 24.3 Å². The summed E-state index contributed by atoms with van der Waals surface area (Å²) in [6.45, 7) is 1.82. The van der Waals surface area contributed by atoms with Gasteiger partial charge in [-0.1, -0.05) is 60.7 Å². The highest BCUT2D eigenvalue weighted by atomic mass is 19.1. The van der Waals surface area contributed by atoms with Crippen LogP contribution in [0.5, 0.6) is 0 Å². The summed E-state index contributed by atoms with van der Waals surface area (Å²) in [5.74, 6) is -0.983. The summed E-state index contributed by atoms with van der Waals surface area (Å²) in [7, 11) is 1.53. The largest absolute Gasteiger partial charge is 0.352 e. The number of carbonyl (C=O) groups excluding carboxylic acids is 2. The molecule has 2 aromatic heterocycles. The van der Waals surface area contributed by atoms with Crippen LogP contribution in [0.25, 0.3) is 21.9 Å². The van der Waals surface area contributed by atoms with Crippen LogP contribution in [-0.2, 0) is 4.79 Å². The van der Waals surface area contributed by atoms with Crippen molar-refractivity contribution in [2.75, 3.05) is 12.4 Å². The molecule has 208 valence electrons. The van der Waals surface area contributed by atoms with Gasteiger partial charge in [0.05, 0.1) is 17.3 Å². The predicted octanol–water partition coefficient (Wildman–Crippen LogP) is 5.83. The summed E-state index contributed by atoms with van der Waals surface area (Å²) in [6.07, 6.45) is 2.41. The van der Waals surface area contributed by atoms with Gasteiger partial charge in [-0.15, -0.1) is 0 Å². The Kier molecular flexibility index (Phi) is 7.23.